The summed E-state index contributed by atoms with van der Waals surface area (Å²) in [5.41, 5.74) is 0. The Kier molecular flexibility index (Phi) is 5.66. The number of hydrogen-bond acceptors (Lipinski definition) is 0. The van der Waals surface area contributed by atoms with E-state index in [-0.39, 0.29) is 0 Å². The molecule has 0 atom stereocenters. The van der Waals surface area contributed by atoms with Crippen LogP contribution < -0.4 is 0 Å². The number of halogens is 5. The Hall–Kier alpha value is 4.47. The fourth-order valence-corrected chi connectivity index (χ4v) is 0. The molecule has 0 fully saturated rings. The van der Waals surface area contributed by atoms with Gasteiger partial charge < -0.3 is 0 Å². The average molecular weight is 756 g/mol. The van der Waals surface area contributed by atoms with E-state index >= 15 is 0 Å². The van der Waals surface area contributed by atoms with Gasteiger partial charge in [-0.25, -0.2) is 0 Å². The van der Waals surface area contributed by atoms with E-state index in [1.807, 2.05) is 0 Å². The predicted molar refractivity (Wildman–Crippen MR) is 75.9 cm³/mol. The molecule has 0 saturated heterocycles. The van der Waals surface area contributed by atoms with Crippen LogP contribution in [0.15, 0.2) is 0 Å². The maximum atomic E-state index is 2.56. The van der Waals surface area contributed by atoms with Crippen LogP contribution in [0.5, 0.6) is 0 Å². The molecule has 0 aromatic heterocycles. The van der Waals surface area contributed by atoms with Crippen molar-refractivity contribution in [3.63, 3.8) is 0 Å². The number of rotatable bonds is 0. The molecular weight excluding hydrogens is 756 g/mol. The van der Waals surface area contributed by atoms with Gasteiger partial charge in [0.05, 0.1) is 0 Å². The third-order valence-corrected chi connectivity index (χ3v) is 0. The van der Waals surface area contributed by atoms with Gasteiger partial charge in [-0.2, -0.15) is 0 Å². The molecule has 0 amide bonds. The van der Waals surface area contributed by atoms with E-state index in [1.165, 1.54) is 0 Å². The van der Waals surface area contributed by atoms with Crippen molar-refractivity contribution >= 4 is 89.8 Å². The van der Waals surface area contributed by atoms with Gasteiger partial charge in [0.1, 0.15) is 0 Å². The molecule has 6 heteroatoms. The fraction of sp³-hybridized carbons (Fsp3) is 0. The van der Waals surface area contributed by atoms with Crippen molar-refractivity contribution in [1.29, 1.82) is 0 Å². The SMILES string of the molecule is [I][Sb]([I])([I])([I])[I]. The van der Waals surface area contributed by atoms with Crippen molar-refractivity contribution in [1.82, 2.24) is 0 Å². The summed E-state index contributed by atoms with van der Waals surface area (Å²) in [4.78, 5) is 0. The quantitative estimate of drug-likeness (QED) is 0.259. The second-order valence-corrected chi connectivity index (χ2v) is 193. The van der Waals surface area contributed by atoms with E-state index in [0.717, 1.165) is 0 Å². The Labute approximate surface area is 86.2 Å². The van der Waals surface area contributed by atoms with Crippen LogP contribution in [-0.2, 0) is 0 Å². The van der Waals surface area contributed by atoms with Gasteiger partial charge in [0, 0.05) is 0 Å². The van der Waals surface area contributed by atoms with Crippen molar-refractivity contribution in [2.75, 3.05) is 0 Å². The molecule has 0 unspecified atom stereocenters. The first-order valence-electron chi connectivity index (χ1n) is 0.845. The van der Waals surface area contributed by atoms with Crippen molar-refractivity contribution in [3.8, 4) is 0 Å². The zero-order valence-corrected chi connectivity index (χ0v) is 15.7. The molecule has 6 heavy (non-hydrogen) atoms. The predicted octanol–water partition coefficient (Wildman–Crippen LogP) is 4.05. The molecule has 0 rings (SSSR count). The molecular formula is I5Sb. The van der Waals surface area contributed by atoms with Gasteiger partial charge in [0.2, 0.25) is 0 Å². The second-order valence-electron chi connectivity index (χ2n) is 0.639. The first-order chi connectivity index (χ1) is 2.24. The Morgan fingerprint density at radius 1 is 0.667 bits per heavy atom. The molecule has 0 aromatic carbocycles. The van der Waals surface area contributed by atoms with Gasteiger partial charge in [0.25, 0.3) is 0 Å². The molecule has 0 aliphatic carbocycles. The van der Waals surface area contributed by atoms with Gasteiger partial charge in [-0.3, -0.25) is 0 Å². The summed E-state index contributed by atoms with van der Waals surface area (Å²) in [5.74, 6) is 0. The van der Waals surface area contributed by atoms with Gasteiger partial charge >= 0.3 is 89.8 Å². The van der Waals surface area contributed by atoms with E-state index in [9.17, 15) is 0 Å². The summed E-state index contributed by atoms with van der Waals surface area (Å²) in [5, 5.41) is 0. The summed E-state index contributed by atoms with van der Waals surface area (Å²) >= 11 is 12.8. The van der Waals surface area contributed by atoms with E-state index in [2.05, 4.69) is 92.5 Å². The molecule has 0 aromatic rings. The van der Waals surface area contributed by atoms with E-state index in [4.69, 9.17) is 0 Å². The third kappa shape index (κ3) is 23.7. The summed E-state index contributed by atoms with van der Waals surface area (Å²) in [6.07, 6.45) is 0. The molecule has 0 N–H and O–H groups in total. The molecule has 0 bridgehead atoms. The van der Waals surface area contributed by atoms with Crippen LogP contribution in [0.4, 0.5) is 0 Å². The summed E-state index contributed by atoms with van der Waals surface area (Å²) in [6, 6.07) is 0. The molecule has 0 heterocycles. The van der Waals surface area contributed by atoms with Crippen molar-refractivity contribution in [2.24, 2.45) is 0 Å². The van der Waals surface area contributed by atoms with Gasteiger partial charge in [-0.15, -0.1) is 0 Å². The van der Waals surface area contributed by atoms with Gasteiger partial charge in [-0.05, 0) is 0 Å². The van der Waals surface area contributed by atoms with Crippen LogP contribution in [0.3, 0.4) is 0 Å². The van der Waals surface area contributed by atoms with Crippen LogP contribution in [0, 0.1) is 0 Å². The molecule has 0 saturated carbocycles. The Morgan fingerprint density at radius 3 is 0.667 bits per heavy atom. The van der Waals surface area contributed by atoms with E-state index < -0.39 is -2.70 Å². The van der Waals surface area contributed by atoms with Crippen molar-refractivity contribution in [2.45, 2.75) is 0 Å². The molecule has 0 aliphatic heterocycles. The summed E-state index contributed by atoms with van der Waals surface area (Å²) in [6.45, 7) is 0. The minimum atomic E-state index is -1.84. The summed E-state index contributed by atoms with van der Waals surface area (Å²) < 4.78 is -1.84. The Morgan fingerprint density at radius 2 is 0.667 bits per heavy atom. The molecule has 0 aliphatic rings. The Bertz CT molecular complexity index is 37.1. The number of hydrogen-bond donors (Lipinski definition) is 0. The van der Waals surface area contributed by atoms with Gasteiger partial charge in [-0.1, -0.05) is 0 Å². The monoisotopic (exact) mass is 755 g/mol. The zero-order chi connectivity index (χ0) is 5.45. The minimum absolute atomic E-state index is 1.84. The van der Waals surface area contributed by atoms with Crippen LogP contribution >= 0.6 is 92.5 Å². The average Bonchev–Trinajstić information content (AvgIpc) is 0.650. The van der Waals surface area contributed by atoms with E-state index in [1.54, 1.807) is 0 Å². The fourth-order valence-electron chi connectivity index (χ4n) is 0. The van der Waals surface area contributed by atoms with E-state index in [0.29, 0.717) is 0 Å². The van der Waals surface area contributed by atoms with Crippen molar-refractivity contribution in [3.05, 3.63) is 0 Å². The van der Waals surface area contributed by atoms with Crippen LogP contribution in [0.25, 0.3) is 0 Å². The normalized spacial score (nSPS) is 19.2. The van der Waals surface area contributed by atoms with Crippen LogP contribution in [0.2, 0.25) is 0 Å². The van der Waals surface area contributed by atoms with Crippen LogP contribution in [-0.4, -0.2) is -2.70 Å². The molecule has 40 valence electrons. The maximum absolute atomic E-state index is 2.56. The molecule has 0 radical (unpaired) electrons. The first kappa shape index (κ1) is 10.5. The standard InChI is InChI=1S/5HI.Sb/h5*1H;/q;;;;;+5/p-5. The van der Waals surface area contributed by atoms with Gasteiger partial charge in [0.15, 0.2) is 0 Å². The topological polar surface area (TPSA) is 0 Å². The first-order valence-corrected chi connectivity index (χ1v) is 38.0. The third-order valence-electron chi connectivity index (χ3n) is 0. The summed E-state index contributed by atoms with van der Waals surface area (Å²) in [7, 11) is 0. The van der Waals surface area contributed by atoms with Crippen molar-refractivity contribution < 1.29 is 0 Å². The Balaban J connectivity index is 3.73. The molecule has 0 nitrogen and oxygen atoms in total. The second kappa shape index (κ2) is 3.24. The van der Waals surface area contributed by atoms with Crippen LogP contribution in [0.1, 0.15) is 0 Å². The zero-order valence-electron chi connectivity index (χ0n) is 2.34. The molecule has 0 spiro atoms.